The molecule has 2 rings (SSSR count). The molecule has 0 aliphatic heterocycles. The number of benzene rings is 2. The number of nitrogens with zero attached hydrogens (tertiary/aromatic N) is 1. The van der Waals surface area contributed by atoms with Crippen molar-refractivity contribution in [1.29, 1.82) is 0 Å². The van der Waals surface area contributed by atoms with Crippen molar-refractivity contribution in [2.24, 2.45) is 0 Å². The van der Waals surface area contributed by atoms with Gasteiger partial charge in [-0.3, -0.25) is 4.79 Å². The normalized spacial score (nSPS) is 10.3. The molecule has 0 radical (unpaired) electrons. The summed E-state index contributed by atoms with van der Waals surface area (Å²) in [7, 11) is 1.75. The van der Waals surface area contributed by atoms with Gasteiger partial charge in [-0.25, -0.2) is 0 Å². The van der Waals surface area contributed by atoms with Crippen molar-refractivity contribution in [3.05, 3.63) is 64.2 Å². The highest BCUT2D eigenvalue weighted by molar-refractivity contribution is 6.30. The zero-order chi connectivity index (χ0) is 14.7. The predicted octanol–water partition coefficient (Wildman–Crippen LogP) is 3.63. The van der Waals surface area contributed by atoms with Crippen LogP contribution < -0.4 is 0 Å². The lowest BCUT2D eigenvalue weighted by Gasteiger charge is -2.18. The maximum atomic E-state index is 12.4. The second kappa shape index (κ2) is 5.97. The summed E-state index contributed by atoms with van der Waals surface area (Å²) in [6.07, 6.45) is 0. The highest BCUT2D eigenvalue weighted by Gasteiger charge is 2.14. The highest BCUT2D eigenvalue weighted by atomic mass is 35.5. The minimum Gasteiger partial charge on any atom is -0.508 e. The number of carbonyl (C=O) groups is 1. The molecule has 0 saturated carbocycles. The molecule has 3 nitrogen and oxygen atoms in total. The molecule has 0 aliphatic carbocycles. The summed E-state index contributed by atoms with van der Waals surface area (Å²) in [4.78, 5) is 14.0. The second-order valence-electron chi connectivity index (χ2n) is 4.79. The Bertz CT molecular complexity index is 640. The number of aryl methyl sites for hydroxylation is 1. The van der Waals surface area contributed by atoms with Crippen LogP contribution in [0.1, 0.15) is 21.5 Å². The molecule has 0 spiro atoms. The summed E-state index contributed by atoms with van der Waals surface area (Å²) in [6, 6.07) is 12.2. The van der Waals surface area contributed by atoms with E-state index in [0.717, 1.165) is 11.1 Å². The summed E-state index contributed by atoms with van der Waals surface area (Å²) < 4.78 is 0. The Morgan fingerprint density at radius 1 is 1.25 bits per heavy atom. The van der Waals surface area contributed by atoms with Gasteiger partial charge in [0.15, 0.2) is 0 Å². The molecule has 0 aromatic heterocycles. The lowest BCUT2D eigenvalue weighted by molar-refractivity contribution is 0.0784. The average Bonchev–Trinajstić information content (AvgIpc) is 2.38. The number of amides is 1. The number of aromatic hydroxyl groups is 1. The van der Waals surface area contributed by atoms with Crippen molar-refractivity contribution in [3.63, 3.8) is 0 Å². The summed E-state index contributed by atoms with van der Waals surface area (Å²) in [6.45, 7) is 2.29. The van der Waals surface area contributed by atoms with Crippen LogP contribution in [0.15, 0.2) is 42.5 Å². The Kier molecular flexibility index (Phi) is 4.30. The minimum absolute atomic E-state index is 0.0810. The van der Waals surface area contributed by atoms with Crippen molar-refractivity contribution >= 4 is 17.5 Å². The second-order valence-corrected chi connectivity index (χ2v) is 5.23. The standard InChI is InChI=1S/C16H16ClNO2/c1-11-8-14(19)6-7-15(11)16(20)18(2)10-12-4-3-5-13(17)9-12/h3-9,19H,10H2,1-2H3. The van der Waals surface area contributed by atoms with Gasteiger partial charge in [-0.1, -0.05) is 23.7 Å². The molecule has 0 unspecified atom stereocenters. The number of hydrogen-bond donors (Lipinski definition) is 1. The van der Waals surface area contributed by atoms with Gasteiger partial charge in [-0.15, -0.1) is 0 Å². The Balaban J connectivity index is 2.16. The average molecular weight is 290 g/mol. The molecule has 20 heavy (non-hydrogen) atoms. The first-order chi connectivity index (χ1) is 9.47. The number of phenols is 1. The van der Waals surface area contributed by atoms with Crippen LogP contribution in [0, 0.1) is 6.92 Å². The van der Waals surface area contributed by atoms with Gasteiger partial charge in [0.2, 0.25) is 0 Å². The fourth-order valence-electron chi connectivity index (χ4n) is 2.07. The van der Waals surface area contributed by atoms with Crippen LogP contribution in [0.3, 0.4) is 0 Å². The van der Waals surface area contributed by atoms with Gasteiger partial charge in [0.05, 0.1) is 0 Å². The van der Waals surface area contributed by atoms with Crippen LogP contribution in [-0.2, 0) is 6.54 Å². The lowest BCUT2D eigenvalue weighted by atomic mass is 10.1. The molecular formula is C16H16ClNO2. The first-order valence-electron chi connectivity index (χ1n) is 6.27. The largest absolute Gasteiger partial charge is 0.508 e. The quantitative estimate of drug-likeness (QED) is 0.937. The van der Waals surface area contributed by atoms with E-state index in [0.29, 0.717) is 17.1 Å². The Morgan fingerprint density at radius 2 is 2.00 bits per heavy atom. The highest BCUT2D eigenvalue weighted by Crippen LogP contribution is 2.18. The first kappa shape index (κ1) is 14.4. The molecule has 0 atom stereocenters. The maximum absolute atomic E-state index is 12.4. The number of rotatable bonds is 3. The number of halogens is 1. The topological polar surface area (TPSA) is 40.5 Å². The summed E-state index contributed by atoms with van der Waals surface area (Å²) >= 11 is 5.94. The number of carbonyl (C=O) groups excluding carboxylic acids is 1. The van der Waals surface area contributed by atoms with Crippen molar-refractivity contribution in [3.8, 4) is 5.75 Å². The molecule has 0 bridgehead atoms. The van der Waals surface area contributed by atoms with Gasteiger partial charge in [0, 0.05) is 24.2 Å². The SMILES string of the molecule is Cc1cc(O)ccc1C(=O)N(C)Cc1cccc(Cl)c1. The molecule has 0 aliphatic rings. The van der Waals surface area contributed by atoms with E-state index in [4.69, 9.17) is 11.6 Å². The van der Waals surface area contributed by atoms with Crippen LogP contribution >= 0.6 is 11.6 Å². The molecule has 1 N–H and O–H groups in total. The fraction of sp³-hybridized carbons (Fsp3) is 0.188. The van der Waals surface area contributed by atoms with Gasteiger partial charge in [0.25, 0.3) is 5.91 Å². The van der Waals surface area contributed by atoms with Gasteiger partial charge < -0.3 is 10.0 Å². The Hall–Kier alpha value is -2.00. The van der Waals surface area contributed by atoms with Crippen LogP contribution in [0.4, 0.5) is 0 Å². The monoisotopic (exact) mass is 289 g/mol. The van der Waals surface area contributed by atoms with Crippen molar-refractivity contribution in [2.45, 2.75) is 13.5 Å². The molecule has 0 fully saturated rings. The molecule has 2 aromatic rings. The Morgan fingerprint density at radius 3 is 2.65 bits per heavy atom. The Labute approximate surface area is 123 Å². The van der Waals surface area contributed by atoms with E-state index in [1.54, 1.807) is 37.1 Å². The molecule has 1 amide bonds. The molecule has 2 aromatic carbocycles. The zero-order valence-electron chi connectivity index (χ0n) is 11.4. The number of phenolic OH excluding ortho intramolecular Hbond substituents is 1. The van der Waals surface area contributed by atoms with E-state index < -0.39 is 0 Å². The van der Waals surface area contributed by atoms with Gasteiger partial charge >= 0.3 is 0 Å². The van der Waals surface area contributed by atoms with E-state index in [1.165, 1.54) is 6.07 Å². The van der Waals surface area contributed by atoms with E-state index in [-0.39, 0.29) is 11.7 Å². The predicted molar refractivity (Wildman–Crippen MR) is 80.1 cm³/mol. The van der Waals surface area contributed by atoms with Gasteiger partial charge in [0.1, 0.15) is 5.75 Å². The van der Waals surface area contributed by atoms with Crippen LogP contribution in [0.25, 0.3) is 0 Å². The molecule has 4 heteroatoms. The van der Waals surface area contributed by atoms with E-state index >= 15 is 0 Å². The maximum Gasteiger partial charge on any atom is 0.254 e. The third-order valence-corrected chi connectivity index (χ3v) is 3.33. The van der Waals surface area contributed by atoms with E-state index in [2.05, 4.69) is 0 Å². The van der Waals surface area contributed by atoms with Crippen molar-refractivity contribution < 1.29 is 9.90 Å². The molecule has 104 valence electrons. The first-order valence-corrected chi connectivity index (χ1v) is 6.64. The lowest BCUT2D eigenvalue weighted by Crippen LogP contribution is -2.26. The third kappa shape index (κ3) is 3.31. The molecule has 0 heterocycles. The molecule has 0 saturated heterocycles. The van der Waals surface area contributed by atoms with Gasteiger partial charge in [-0.05, 0) is 48.4 Å². The fourth-order valence-corrected chi connectivity index (χ4v) is 2.29. The molecular weight excluding hydrogens is 274 g/mol. The number of hydrogen-bond acceptors (Lipinski definition) is 2. The summed E-state index contributed by atoms with van der Waals surface area (Å²) in [5.41, 5.74) is 2.32. The zero-order valence-corrected chi connectivity index (χ0v) is 12.2. The van der Waals surface area contributed by atoms with Gasteiger partial charge in [-0.2, -0.15) is 0 Å². The van der Waals surface area contributed by atoms with Crippen molar-refractivity contribution in [2.75, 3.05) is 7.05 Å². The summed E-state index contributed by atoms with van der Waals surface area (Å²) in [5.74, 6) is 0.0824. The van der Waals surface area contributed by atoms with E-state index in [9.17, 15) is 9.90 Å². The smallest absolute Gasteiger partial charge is 0.254 e. The minimum atomic E-state index is -0.0810. The van der Waals surface area contributed by atoms with Crippen LogP contribution in [-0.4, -0.2) is 23.0 Å². The third-order valence-electron chi connectivity index (χ3n) is 3.10. The summed E-state index contributed by atoms with van der Waals surface area (Å²) in [5, 5.41) is 10.0. The van der Waals surface area contributed by atoms with Crippen LogP contribution in [0.5, 0.6) is 5.75 Å². The van der Waals surface area contributed by atoms with E-state index in [1.807, 2.05) is 18.2 Å². The van der Waals surface area contributed by atoms with Crippen molar-refractivity contribution in [1.82, 2.24) is 4.90 Å². The van der Waals surface area contributed by atoms with Crippen LogP contribution in [0.2, 0.25) is 5.02 Å².